The lowest BCUT2D eigenvalue weighted by molar-refractivity contribution is -0.384. The Labute approximate surface area is 533 Å². The number of halogens is 1. The maximum Gasteiger partial charge on any atom is 0.293 e. The molecule has 4 N–H and O–H groups in total. The highest BCUT2D eigenvalue weighted by Gasteiger charge is 2.45. The molecule has 1 atom stereocenters. The van der Waals surface area contributed by atoms with Gasteiger partial charge in [0.1, 0.15) is 28.9 Å². The number of nitro benzene ring substituents is 1. The van der Waals surface area contributed by atoms with Crippen LogP contribution in [0.5, 0.6) is 11.5 Å². The molecule has 6 heterocycles. The maximum absolute atomic E-state index is 14.2. The minimum atomic E-state index is -4.66. The number of unbranched alkanes of at least 4 members (excludes halogenated alkanes) is 5. The highest BCUT2D eigenvalue weighted by molar-refractivity contribution is 7.90. The number of carbonyl (C=O) groups excluding carboxylic acids is 6. The molecule has 2 aromatic heterocycles. The number of carbonyl (C=O) groups is 6. The number of nitro groups is 1. The Bertz CT molecular complexity index is 4050. The lowest BCUT2D eigenvalue weighted by atomic mass is 9.72. The summed E-state index contributed by atoms with van der Waals surface area (Å²) < 4.78 is 36.5. The maximum atomic E-state index is 14.2. The molecule has 3 saturated heterocycles. The Morgan fingerprint density at radius 3 is 2.41 bits per heavy atom. The number of benzene rings is 4. The fourth-order valence-electron chi connectivity index (χ4n) is 12.8. The molecule has 0 bridgehead atoms. The molecular weight excluding hydrogens is 1200 g/mol. The number of anilines is 2. The lowest BCUT2D eigenvalue weighted by Crippen LogP contribution is -2.54. The summed E-state index contributed by atoms with van der Waals surface area (Å²) in [6.45, 7) is 9.91. The molecule has 0 spiro atoms. The third-order valence-corrected chi connectivity index (χ3v) is 19.6. The smallest absolute Gasteiger partial charge is 0.293 e. The van der Waals surface area contributed by atoms with Crippen molar-refractivity contribution >= 4 is 90.7 Å². The Morgan fingerprint density at radius 2 is 1.64 bits per heavy atom. The zero-order chi connectivity index (χ0) is 64.0. The first kappa shape index (κ1) is 63.7. The summed E-state index contributed by atoms with van der Waals surface area (Å²) in [6, 6.07) is 24.0. The standard InChI is InChI=1S/C68H73ClN10O11S/c1-68(2)29-25-48(55(40-68)45-15-17-49(69)18-16-45)43-75-33-35-76(36-34-75)50-19-21-53(59(38-50)90-51-37-47-26-30-70-63(47)72-42-51)64(82)74-91(88,89)52-20-22-56(58(39-52)79(86)87)71-41-44-27-31-77(32-28-44)61(81)14-9-7-5-3-4-6-8-11-46-12-10-13-54-62(46)67(85)78(66(54)84)57-23-24-60(80)73-65(57)83/h10,12-13,15-22,26,30,37-39,42,44,57,71H,3-7,9,14,23-25,27-29,31-36,40-41,43H2,1-2H3,(H,70,72)(H,74,82)(H,73,80,83). The van der Waals surface area contributed by atoms with E-state index in [1.54, 1.807) is 42.6 Å². The summed E-state index contributed by atoms with van der Waals surface area (Å²) in [5.74, 6) is 3.46. The number of hydrogen-bond acceptors (Lipinski definition) is 15. The molecule has 4 aliphatic heterocycles. The number of pyridine rings is 1. The molecule has 1 unspecified atom stereocenters. The van der Waals surface area contributed by atoms with Gasteiger partial charge in [0.05, 0.1) is 32.7 Å². The van der Waals surface area contributed by atoms with Gasteiger partial charge in [-0.05, 0) is 134 Å². The monoisotopic (exact) mass is 1270 g/mol. The number of fused-ring (bicyclic) bond motifs is 2. The molecule has 5 aliphatic rings. The van der Waals surface area contributed by atoms with E-state index >= 15 is 0 Å². The largest absolute Gasteiger partial charge is 0.455 e. The van der Waals surface area contributed by atoms with E-state index in [1.165, 1.54) is 41.1 Å². The fraction of sp³-hybridized carbons (Fsp3) is 0.397. The van der Waals surface area contributed by atoms with Gasteiger partial charge in [-0.1, -0.05) is 80.3 Å². The van der Waals surface area contributed by atoms with Crippen LogP contribution in [0.1, 0.15) is 146 Å². The van der Waals surface area contributed by atoms with Crippen molar-refractivity contribution in [3.05, 3.63) is 152 Å². The van der Waals surface area contributed by atoms with Crippen LogP contribution >= 0.6 is 11.6 Å². The SMILES string of the molecule is CC1(C)CCC(CN2CCN(c3ccc(C(=O)NS(=O)(=O)c4ccc(NCC5CCN(C(=O)CCCCCCCC#Cc6cccc7c6C(=O)N(C6CCC(=O)NC6=O)C7=O)CC5)c([N+](=O)[O-])c4)c(Oc4cnc5[nH]ccc5c4)c3)CC2)=C(c2ccc(Cl)cc2)C1. The van der Waals surface area contributed by atoms with Gasteiger partial charge in [0, 0.05) is 112 Å². The van der Waals surface area contributed by atoms with E-state index in [9.17, 15) is 47.3 Å². The molecular formula is C68H73ClN10O11S. The van der Waals surface area contributed by atoms with Gasteiger partial charge in [-0.15, -0.1) is 0 Å². The third kappa shape index (κ3) is 15.0. The van der Waals surface area contributed by atoms with Crippen LogP contribution in [0.3, 0.4) is 0 Å². The number of amides is 6. The van der Waals surface area contributed by atoms with Crippen molar-refractivity contribution in [2.45, 2.75) is 115 Å². The molecule has 0 saturated carbocycles. The molecule has 474 valence electrons. The predicted octanol–water partition coefficient (Wildman–Crippen LogP) is 10.7. The minimum Gasteiger partial charge on any atom is -0.455 e. The summed E-state index contributed by atoms with van der Waals surface area (Å²) in [7, 11) is -4.66. The highest BCUT2D eigenvalue weighted by Crippen LogP contribution is 2.44. The van der Waals surface area contributed by atoms with Gasteiger partial charge < -0.3 is 24.8 Å². The first-order valence-corrected chi connectivity index (χ1v) is 33.0. The Kier molecular flexibility index (Phi) is 19.4. The normalized spacial score (nSPS) is 18.0. The van der Waals surface area contributed by atoms with Crippen LogP contribution in [0.15, 0.2) is 114 Å². The number of sulfonamides is 1. The van der Waals surface area contributed by atoms with Crippen LogP contribution < -0.4 is 25.0 Å². The number of nitrogens with one attached hydrogen (secondary N) is 4. The number of piperazine rings is 1. The first-order valence-electron chi connectivity index (χ1n) is 31.2. The number of imide groups is 2. The average molecular weight is 1270 g/mol. The van der Waals surface area contributed by atoms with E-state index in [-0.39, 0.29) is 58.2 Å². The van der Waals surface area contributed by atoms with Crippen LogP contribution in [-0.4, -0.2) is 132 Å². The zero-order valence-corrected chi connectivity index (χ0v) is 52.6. The van der Waals surface area contributed by atoms with E-state index in [0.717, 1.165) is 93.0 Å². The number of hydrogen-bond donors (Lipinski definition) is 4. The predicted molar refractivity (Wildman–Crippen MR) is 345 cm³/mol. The molecule has 6 amide bonds. The fourth-order valence-corrected chi connectivity index (χ4v) is 13.9. The van der Waals surface area contributed by atoms with Crippen LogP contribution in [0.4, 0.5) is 17.1 Å². The van der Waals surface area contributed by atoms with E-state index in [1.807, 2.05) is 23.1 Å². The molecule has 6 aromatic rings. The van der Waals surface area contributed by atoms with Gasteiger partial charge in [0.2, 0.25) is 17.7 Å². The molecule has 1 aliphatic carbocycles. The summed E-state index contributed by atoms with van der Waals surface area (Å²) in [5, 5.41) is 19.3. The van der Waals surface area contributed by atoms with Crippen molar-refractivity contribution in [3.8, 4) is 23.3 Å². The number of piperidine rings is 2. The summed E-state index contributed by atoms with van der Waals surface area (Å²) in [5.41, 5.74) is 6.01. The second-order valence-corrected chi connectivity index (χ2v) is 27.0. The van der Waals surface area contributed by atoms with E-state index in [4.69, 9.17) is 16.3 Å². The molecule has 91 heavy (non-hydrogen) atoms. The van der Waals surface area contributed by atoms with Gasteiger partial charge >= 0.3 is 0 Å². The number of nitrogens with zero attached hydrogens (tertiary/aromatic N) is 6. The van der Waals surface area contributed by atoms with E-state index < -0.39 is 61.1 Å². The van der Waals surface area contributed by atoms with Crippen LogP contribution in [-0.2, 0) is 24.4 Å². The van der Waals surface area contributed by atoms with Gasteiger partial charge in [-0.3, -0.25) is 54.0 Å². The Balaban J connectivity index is 0.643. The first-order chi connectivity index (χ1) is 43.8. The highest BCUT2D eigenvalue weighted by atomic mass is 35.5. The van der Waals surface area contributed by atoms with Crippen molar-refractivity contribution in [2.75, 3.05) is 62.6 Å². The quantitative estimate of drug-likeness (QED) is 0.0172. The minimum absolute atomic E-state index is 0.0374. The molecule has 21 nitrogen and oxygen atoms in total. The number of aromatic nitrogens is 2. The number of aromatic amines is 1. The van der Waals surface area contributed by atoms with Gasteiger partial charge in [0.15, 0.2) is 0 Å². The molecule has 4 aromatic carbocycles. The van der Waals surface area contributed by atoms with Gasteiger partial charge in [0.25, 0.3) is 33.4 Å². The van der Waals surface area contributed by atoms with E-state index in [2.05, 4.69) is 72.9 Å². The number of rotatable bonds is 21. The number of ether oxygens (including phenoxy) is 1. The van der Waals surface area contributed by atoms with Crippen molar-refractivity contribution in [2.24, 2.45) is 11.3 Å². The number of allylic oxidation sites excluding steroid dienone is 1. The zero-order valence-electron chi connectivity index (χ0n) is 51.0. The Morgan fingerprint density at radius 1 is 0.868 bits per heavy atom. The second-order valence-electron chi connectivity index (χ2n) is 24.9. The topological polar surface area (TPSA) is 267 Å². The number of likely N-dealkylation sites (tertiary alicyclic amines) is 1. The second kappa shape index (κ2) is 27.7. The molecule has 0 radical (unpaired) electrons. The van der Waals surface area contributed by atoms with Crippen LogP contribution in [0.2, 0.25) is 5.02 Å². The molecule has 3 fully saturated rings. The van der Waals surface area contributed by atoms with Gasteiger partial charge in [-0.2, -0.15) is 0 Å². The Hall–Kier alpha value is -8.91. The van der Waals surface area contributed by atoms with Gasteiger partial charge in [-0.25, -0.2) is 18.1 Å². The number of H-pyrrole nitrogens is 1. The van der Waals surface area contributed by atoms with Crippen molar-refractivity contribution in [1.82, 2.24) is 34.7 Å². The third-order valence-electron chi connectivity index (χ3n) is 18.0. The van der Waals surface area contributed by atoms with Crippen LogP contribution in [0.25, 0.3) is 16.6 Å². The van der Waals surface area contributed by atoms with E-state index in [0.29, 0.717) is 80.4 Å². The molecule has 11 rings (SSSR count). The van der Waals surface area contributed by atoms with Crippen molar-refractivity contribution in [1.29, 1.82) is 0 Å². The summed E-state index contributed by atoms with van der Waals surface area (Å²) in [6.07, 6.45) is 13.0. The lowest BCUT2D eigenvalue weighted by Gasteiger charge is -2.39. The molecule has 23 heteroatoms. The summed E-state index contributed by atoms with van der Waals surface area (Å²) in [4.78, 5) is 104. The van der Waals surface area contributed by atoms with Crippen molar-refractivity contribution < 1.29 is 46.8 Å². The summed E-state index contributed by atoms with van der Waals surface area (Å²) >= 11 is 6.27. The van der Waals surface area contributed by atoms with Crippen LogP contribution in [0, 0.1) is 33.3 Å². The van der Waals surface area contributed by atoms with Crippen molar-refractivity contribution in [3.63, 3.8) is 0 Å². The average Bonchev–Trinajstić information content (AvgIpc) is 1.66.